The predicted molar refractivity (Wildman–Crippen MR) is 93.2 cm³/mol. The number of allylic oxidation sites excluding steroid dienone is 2. The maximum absolute atomic E-state index is 12.8. The van der Waals surface area contributed by atoms with Gasteiger partial charge in [0, 0.05) is 5.69 Å². The summed E-state index contributed by atoms with van der Waals surface area (Å²) < 4.78 is 40.4. The molecule has 1 N–H and O–H groups in total. The molecular weight excluding hydrogens is 389 g/mol. The molecule has 1 heterocycles. The number of likely N-dealkylation sites (tertiary alicyclic amines) is 1. The number of carbonyl (C=O) groups is 3. The van der Waals surface area contributed by atoms with Gasteiger partial charge in [-0.15, -0.1) is 13.2 Å². The van der Waals surface area contributed by atoms with Crippen molar-refractivity contribution in [1.82, 2.24) is 4.90 Å². The molecule has 6 unspecified atom stereocenters. The third-order valence-corrected chi connectivity index (χ3v) is 6.43. The van der Waals surface area contributed by atoms with E-state index in [0.717, 1.165) is 23.5 Å². The van der Waals surface area contributed by atoms with E-state index in [4.69, 9.17) is 0 Å². The third-order valence-electron chi connectivity index (χ3n) is 6.43. The molecule has 9 heteroatoms. The van der Waals surface area contributed by atoms with Gasteiger partial charge in [0.25, 0.3) is 0 Å². The van der Waals surface area contributed by atoms with Gasteiger partial charge < -0.3 is 10.1 Å². The maximum atomic E-state index is 12.8. The standard InChI is InChI=1S/C20H17F3N2O4/c21-20(22,23)29-10-3-1-9(2-4-10)24-15(26)8-25-18(27)16-11-5-6-12(14-7-13(11)14)17(16)19(25)28/h1-6,11-14,16-17H,7-8H2,(H,24,26). The highest BCUT2D eigenvalue weighted by Crippen LogP contribution is 2.65. The fraction of sp³-hybridized carbons (Fsp3) is 0.450. The van der Waals surface area contributed by atoms with Crippen LogP contribution in [-0.2, 0) is 14.4 Å². The van der Waals surface area contributed by atoms with Gasteiger partial charge in [0.15, 0.2) is 0 Å². The zero-order valence-corrected chi connectivity index (χ0v) is 15.1. The summed E-state index contributed by atoms with van der Waals surface area (Å²) >= 11 is 0. The lowest BCUT2D eigenvalue weighted by Gasteiger charge is -2.37. The SMILES string of the molecule is O=C(CN1C(=O)C2C3C=CC(C4CC34)C2C1=O)Nc1ccc(OC(F)(F)F)cc1. The van der Waals surface area contributed by atoms with Gasteiger partial charge in [0.2, 0.25) is 17.7 Å². The quantitative estimate of drug-likeness (QED) is 0.616. The number of nitrogens with zero attached hydrogens (tertiary/aromatic N) is 1. The monoisotopic (exact) mass is 406 g/mol. The molecule has 1 aromatic rings. The van der Waals surface area contributed by atoms with Gasteiger partial charge in [0.1, 0.15) is 12.3 Å². The molecule has 6 rings (SSSR count). The summed E-state index contributed by atoms with van der Waals surface area (Å²) in [5.74, 6) is -1.20. The topological polar surface area (TPSA) is 75.7 Å². The number of ether oxygens (including phenoxy) is 1. The Labute approximate surface area is 163 Å². The van der Waals surface area contributed by atoms with Crippen molar-refractivity contribution < 1.29 is 32.3 Å². The highest BCUT2D eigenvalue weighted by atomic mass is 19.4. The van der Waals surface area contributed by atoms with Crippen molar-refractivity contribution in [1.29, 1.82) is 0 Å². The van der Waals surface area contributed by atoms with Crippen LogP contribution in [0.15, 0.2) is 36.4 Å². The van der Waals surface area contributed by atoms with Gasteiger partial charge in [-0.25, -0.2) is 0 Å². The van der Waals surface area contributed by atoms with Crippen LogP contribution in [0.3, 0.4) is 0 Å². The number of halogens is 3. The van der Waals surface area contributed by atoms with Crippen LogP contribution < -0.4 is 10.1 Å². The first-order valence-corrected chi connectivity index (χ1v) is 9.42. The molecule has 1 aliphatic heterocycles. The maximum Gasteiger partial charge on any atom is 0.573 e. The summed E-state index contributed by atoms with van der Waals surface area (Å²) in [5.41, 5.74) is 0.240. The van der Waals surface area contributed by atoms with Crippen LogP contribution in [0.25, 0.3) is 0 Å². The highest BCUT2D eigenvalue weighted by Gasteiger charge is 2.67. The number of alkyl halides is 3. The van der Waals surface area contributed by atoms with Crippen LogP contribution in [-0.4, -0.2) is 35.5 Å². The Hall–Kier alpha value is -2.84. The molecule has 152 valence electrons. The van der Waals surface area contributed by atoms with Crippen molar-refractivity contribution in [3.05, 3.63) is 36.4 Å². The molecule has 1 aromatic carbocycles. The van der Waals surface area contributed by atoms with E-state index >= 15 is 0 Å². The smallest absolute Gasteiger partial charge is 0.406 e. The second kappa shape index (κ2) is 6.08. The van der Waals surface area contributed by atoms with Crippen LogP contribution in [0.5, 0.6) is 5.75 Å². The molecule has 5 aliphatic rings. The normalized spacial score (nSPS) is 34.1. The zero-order chi connectivity index (χ0) is 20.5. The van der Waals surface area contributed by atoms with Gasteiger partial charge in [-0.05, 0) is 54.4 Å². The lowest BCUT2D eigenvalue weighted by atomic mass is 9.63. The van der Waals surface area contributed by atoms with E-state index in [0.29, 0.717) is 11.8 Å². The fourth-order valence-corrected chi connectivity index (χ4v) is 5.26. The molecule has 6 nitrogen and oxygen atoms in total. The second-order valence-corrected chi connectivity index (χ2v) is 8.04. The second-order valence-electron chi connectivity index (χ2n) is 8.04. The summed E-state index contributed by atoms with van der Waals surface area (Å²) in [6, 6.07) is 4.65. The summed E-state index contributed by atoms with van der Waals surface area (Å²) in [6.07, 6.45) is 0.371. The van der Waals surface area contributed by atoms with E-state index in [1.54, 1.807) is 0 Å². The molecule has 2 saturated carbocycles. The Balaban J connectivity index is 1.24. The lowest BCUT2D eigenvalue weighted by Crippen LogP contribution is -2.40. The minimum atomic E-state index is -4.80. The number of hydrogen-bond donors (Lipinski definition) is 1. The van der Waals surface area contributed by atoms with E-state index in [9.17, 15) is 27.6 Å². The van der Waals surface area contributed by atoms with E-state index in [-0.39, 0.29) is 41.2 Å². The molecule has 3 amide bonds. The van der Waals surface area contributed by atoms with E-state index < -0.39 is 24.6 Å². The fourth-order valence-electron chi connectivity index (χ4n) is 5.26. The molecule has 2 bridgehead atoms. The first-order chi connectivity index (χ1) is 13.7. The first kappa shape index (κ1) is 18.2. The number of nitrogens with one attached hydrogen (secondary N) is 1. The number of imide groups is 1. The first-order valence-electron chi connectivity index (χ1n) is 9.42. The summed E-state index contributed by atoms with van der Waals surface area (Å²) in [5, 5.41) is 2.50. The highest BCUT2D eigenvalue weighted by molar-refractivity contribution is 6.09. The van der Waals surface area contributed by atoms with Crippen LogP contribution in [0, 0.1) is 35.5 Å². The number of hydrogen-bond acceptors (Lipinski definition) is 4. The minimum Gasteiger partial charge on any atom is -0.406 e. The molecule has 29 heavy (non-hydrogen) atoms. The Morgan fingerprint density at radius 1 is 1.03 bits per heavy atom. The lowest BCUT2D eigenvalue weighted by molar-refractivity contribution is -0.274. The van der Waals surface area contributed by atoms with Crippen molar-refractivity contribution in [3.63, 3.8) is 0 Å². The average molecular weight is 406 g/mol. The molecule has 3 fully saturated rings. The molecule has 0 aromatic heterocycles. The molecule has 6 atom stereocenters. The Bertz CT molecular complexity index is 891. The Kier molecular flexibility index (Phi) is 3.81. The average Bonchev–Trinajstić information content (AvgIpc) is 3.43. The number of anilines is 1. The van der Waals surface area contributed by atoms with Crippen molar-refractivity contribution in [2.45, 2.75) is 12.8 Å². The van der Waals surface area contributed by atoms with E-state index in [1.165, 1.54) is 12.1 Å². The Morgan fingerprint density at radius 2 is 1.59 bits per heavy atom. The summed E-state index contributed by atoms with van der Waals surface area (Å²) in [7, 11) is 0. The Morgan fingerprint density at radius 3 is 2.10 bits per heavy atom. The molecular formula is C20H17F3N2O4. The number of carbonyl (C=O) groups excluding carboxylic acids is 3. The number of rotatable bonds is 4. The van der Waals surface area contributed by atoms with Crippen molar-refractivity contribution in [2.24, 2.45) is 35.5 Å². The summed E-state index contributed by atoms with van der Waals surface area (Å²) in [6.45, 7) is -0.403. The zero-order valence-electron chi connectivity index (χ0n) is 15.1. The van der Waals surface area contributed by atoms with E-state index in [1.807, 2.05) is 0 Å². The van der Waals surface area contributed by atoms with Crippen molar-refractivity contribution in [2.75, 3.05) is 11.9 Å². The van der Waals surface area contributed by atoms with Gasteiger partial charge >= 0.3 is 6.36 Å². The summed E-state index contributed by atoms with van der Waals surface area (Å²) in [4.78, 5) is 39.1. The van der Waals surface area contributed by atoms with Crippen molar-refractivity contribution >= 4 is 23.4 Å². The molecule has 0 radical (unpaired) electrons. The van der Waals surface area contributed by atoms with Crippen LogP contribution in [0.2, 0.25) is 0 Å². The van der Waals surface area contributed by atoms with Gasteiger partial charge in [-0.2, -0.15) is 0 Å². The van der Waals surface area contributed by atoms with Crippen LogP contribution in [0.4, 0.5) is 18.9 Å². The molecule has 1 saturated heterocycles. The molecule has 0 spiro atoms. The number of amides is 3. The van der Waals surface area contributed by atoms with E-state index in [2.05, 4.69) is 22.2 Å². The largest absolute Gasteiger partial charge is 0.573 e. The van der Waals surface area contributed by atoms with Gasteiger partial charge in [-0.1, -0.05) is 12.2 Å². The van der Waals surface area contributed by atoms with Gasteiger partial charge in [-0.3, -0.25) is 19.3 Å². The van der Waals surface area contributed by atoms with Crippen LogP contribution >= 0.6 is 0 Å². The van der Waals surface area contributed by atoms with Gasteiger partial charge in [0.05, 0.1) is 11.8 Å². The third kappa shape index (κ3) is 2.99. The minimum absolute atomic E-state index is 0.0840. The predicted octanol–water partition coefficient (Wildman–Crippen LogP) is 2.58. The number of benzene rings is 1. The van der Waals surface area contributed by atoms with Crippen molar-refractivity contribution in [3.8, 4) is 5.75 Å². The molecule has 4 aliphatic carbocycles. The van der Waals surface area contributed by atoms with Crippen LogP contribution in [0.1, 0.15) is 6.42 Å².